The summed E-state index contributed by atoms with van der Waals surface area (Å²) in [6.45, 7) is 7.84. The molecule has 232 valence electrons. The second kappa shape index (κ2) is 23.6. The maximum absolute atomic E-state index is 3.54. The summed E-state index contributed by atoms with van der Waals surface area (Å²) in [6.07, 6.45) is 19.6. The van der Waals surface area contributed by atoms with Crippen LogP contribution in [0.2, 0.25) is 0 Å². The third kappa shape index (κ3) is 17.1. The Morgan fingerprint density at radius 2 is 0.721 bits per heavy atom. The van der Waals surface area contributed by atoms with E-state index in [4.69, 9.17) is 0 Å². The van der Waals surface area contributed by atoms with E-state index in [-0.39, 0.29) is 0 Å². The van der Waals surface area contributed by atoms with E-state index in [0.29, 0.717) is 0 Å². The van der Waals surface area contributed by atoms with Crippen molar-refractivity contribution in [1.29, 1.82) is 0 Å². The molecule has 0 fully saturated rings. The van der Waals surface area contributed by atoms with E-state index in [0.717, 1.165) is 39.3 Å². The molecule has 0 aliphatic heterocycles. The maximum Gasteiger partial charge on any atom is 0.0608 e. The molecule has 0 bridgehead atoms. The van der Waals surface area contributed by atoms with Crippen LogP contribution in [0.4, 0.5) is 0 Å². The Morgan fingerprint density at radius 3 is 1.12 bits per heavy atom. The van der Waals surface area contributed by atoms with Crippen molar-refractivity contribution in [3.8, 4) is 11.8 Å². The molecule has 2 nitrogen and oxygen atoms in total. The molecule has 3 aromatic rings. The third-order valence-electron chi connectivity index (χ3n) is 8.31. The van der Waals surface area contributed by atoms with Crippen LogP contribution in [0.5, 0.6) is 0 Å². The van der Waals surface area contributed by atoms with Gasteiger partial charge in [0.15, 0.2) is 0 Å². The molecule has 3 rings (SSSR count). The third-order valence-corrected chi connectivity index (χ3v) is 8.31. The molecule has 3 aromatic carbocycles. The van der Waals surface area contributed by atoms with E-state index in [1.807, 2.05) is 0 Å². The Balaban J connectivity index is 1.38. The lowest BCUT2D eigenvalue weighted by Crippen LogP contribution is -2.26. The molecule has 43 heavy (non-hydrogen) atoms. The lowest BCUT2D eigenvalue weighted by Gasteiger charge is -2.21. The van der Waals surface area contributed by atoms with Gasteiger partial charge in [-0.25, -0.2) is 0 Å². The van der Waals surface area contributed by atoms with Crippen molar-refractivity contribution >= 4 is 0 Å². The van der Waals surface area contributed by atoms with Crippen molar-refractivity contribution < 1.29 is 0 Å². The van der Waals surface area contributed by atoms with Crippen molar-refractivity contribution in [3.05, 3.63) is 108 Å². The first kappa shape index (κ1) is 34.6. The Hall–Kier alpha value is -2.86. The van der Waals surface area contributed by atoms with Crippen molar-refractivity contribution in [2.75, 3.05) is 19.6 Å². The monoisotopic (exact) mass is 578 g/mol. The van der Waals surface area contributed by atoms with Gasteiger partial charge in [0.2, 0.25) is 0 Å². The van der Waals surface area contributed by atoms with Crippen molar-refractivity contribution in [2.24, 2.45) is 0 Å². The zero-order valence-electron chi connectivity index (χ0n) is 27.2. The fraction of sp³-hybridized carbons (Fsp3) is 0.512. The fourth-order valence-corrected chi connectivity index (χ4v) is 5.77. The van der Waals surface area contributed by atoms with Gasteiger partial charge in [-0.15, -0.1) is 0 Å². The average molecular weight is 579 g/mol. The van der Waals surface area contributed by atoms with Crippen LogP contribution in [-0.2, 0) is 19.6 Å². The van der Waals surface area contributed by atoms with Gasteiger partial charge in [-0.3, -0.25) is 9.80 Å². The van der Waals surface area contributed by atoms with Crippen molar-refractivity contribution in [3.63, 3.8) is 0 Å². The molecule has 0 saturated carbocycles. The molecule has 0 N–H and O–H groups in total. The number of nitrogens with zero attached hydrogens (tertiary/aromatic N) is 2. The minimum atomic E-state index is 0.780. The predicted molar refractivity (Wildman–Crippen MR) is 187 cm³/mol. The van der Waals surface area contributed by atoms with Gasteiger partial charge in [0.25, 0.3) is 0 Å². The summed E-state index contributed by atoms with van der Waals surface area (Å²) in [5, 5.41) is 0. The molecule has 0 saturated heterocycles. The Labute approximate surface area is 264 Å². The number of hydrogen-bond donors (Lipinski definition) is 0. The average Bonchev–Trinajstić information content (AvgIpc) is 3.04. The van der Waals surface area contributed by atoms with Crippen molar-refractivity contribution in [2.45, 2.75) is 116 Å². The number of benzene rings is 3. The molecule has 0 radical (unpaired) electrons. The largest absolute Gasteiger partial charge is 0.288 e. The van der Waals surface area contributed by atoms with Crippen LogP contribution >= 0.6 is 0 Å². The predicted octanol–water partition coefficient (Wildman–Crippen LogP) is 10.7. The van der Waals surface area contributed by atoms with Crippen LogP contribution in [0.1, 0.15) is 114 Å². The molecule has 2 heteroatoms. The van der Waals surface area contributed by atoms with Crippen LogP contribution in [0, 0.1) is 11.8 Å². The van der Waals surface area contributed by atoms with Gasteiger partial charge in [0, 0.05) is 19.6 Å². The van der Waals surface area contributed by atoms with Gasteiger partial charge in [0.1, 0.15) is 0 Å². The van der Waals surface area contributed by atoms with E-state index in [1.165, 1.54) is 107 Å². The fourth-order valence-electron chi connectivity index (χ4n) is 5.77. The highest BCUT2D eigenvalue weighted by Gasteiger charge is 2.07. The van der Waals surface area contributed by atoms with E-state index in [1.54, 1.807) is 0 Å². The highest BCUT2D eigenvalue weighted by Crippen LogP contribution is 2.14. The minimum absolute atomic E-state index is 0.780. The van der Waals surface area contributed by atoms with Gasteiger partial charge >= 0.3 is 0 Å². The SMILES string of the molecule is CCCCCCCCCCCCCCCCN(CC#CCN(Cc1ccccc1)Cc1ccccc1)Cc1ccccc1. The summed E-state index contributed by atoms with van der Waals surface area (Å²) in [7, 11) is 0. The molecule has 0 amide bonds. The lowest BCUT2D eigenvalue weighted by atomic mass is 10.0. The molecule has 0 heterocycles. The normalized spacial score (nSPS) is 11.1. The van der Waals surface area contributed by atoms with Crippen LogP contribution in [-0.4, -0.2) is 29.4 Å². The summed E-state index contributed by atoms with van der Waals surface area (Å²) < 4.78 is 0. The smallest absolute Gasteiger partial charge is 0.0608 e. The molecule has 0 atom stereocenters. The first-order valence-electron chi connectivity index (χ1n) is 17.4. The van der Waals surface area contributed by atoms with E-state index < -0.39 is 0 Å². The van der Waals surface area contributed by atoms with Gasteiger partial charge in [-0.1, -0.05) is 193 Å². The Kier molecular flexibility index (Phi) is 19.0. The first-order valence-corrected chi connectivity index (χ1v) is 17.4. The van der Waals surface area contributed by atoms with E-state index >= 15 is 0 Å². The van der Waals surface area contributed by atoms with Crippen molar-refractivity contribution in [1.82, 2.24) is 9.80 Å². The zero-order chi connectivity index (χ0) is 30.0. The molecule has 0 aliphatic rings. The van der Waals surface area contributed by atoms with Crippen LogP contribution in [0.3, 0.4) is 0 Å². The van der Waals surface area contributed by atoms with Crippen LogP contribution in [0.15, 0.2) is 91.0 Å². The van der Waals surface area contributed by atoms with Crippen LogP contribution < -0.4 is 0 Å². The maximum atomic E-state index is 3.54. The molecule has 0 aromatic heterocycles. The summed E-state index contributed by atoms with van der Waals surface area (Å²) >= 11 is 0. The van der Waals surface area contributed by atoms with Gasteiger partial charge < -0.3 is 0 Å². The second-order valence-corrected chi connectivity index (χ2v) is 12.3. The number of rotatable bonds is 23. The van der Waals surface area contributed by atoms with Gasteiger partial charge in [0.05, 0.1) is 13.1 Å². The Bertz CT molecular complexity index is 1060. The summed E-state index contributed by atoms with van der Waals surface area (Å²) in [4.78, 5) is 4.99. The van der Waals surface area contributed by atoms with Gasteiger partial charge in [-0.2, -0.15) is 0 Å². The highest BCUT2D eigenvalue weighted by molar-refractivity contribution is 5.18. The van der Waals surface area contributed by atoms with E-state index in [2.05, 4.69) is 120 Å². The summed E-state index contributed by atoms with van der Waals surface area (Å²) in [6, 6.07) is 32.4. The molecular weight excluding hydrogens is 520 g/mol. The van der Waals surface area contributed by atoms with Crippen LogP contribution in [0.25, 0.3) is 0 Å². The quantitative estimate of drug-likeness (QED) is 0.0815. The van der Waals surface area contributed by atoms with Gasteiger partial charge in [-0.05, 0) is 29.7 Å². The number of unbranched alkanes of at least 4 members (excludes halogenated alkanes) is 13. The molecule has 0 unspecified atom stereocenters. The Morgan fingerprint density at radius 1 is 0.395 bits per heavy atom. The highest BCUT2D eigenvalue weighted by atomic mass is 15.1. The minimum Gasteiger partial charge on any atom is -0.288 e. The standard InChI is InChI=1S/C41H58N2/c1-2-3-4-5-6-7-8-9-10-11-12-13-14-24-33-42(36-39-27-18-15-19-28-39)34-25-26-35-43(37-40-29-20-16-21-30-40)38-41-31-22-17-23-32-41/h15-23,27-32H,2-14,24,33-38H2,1H3. The van der Waals surface area contributed by atoms with E-state index in [9.17, 15) is 0 Å². The molecule has 0 spiro atoms. The molecular formula is C41H58N2. The zero-order valence-corrected chi connectivity index (χ0v) is 27.2. The second-order valence-electron chi connectivity index (χ2n) is 12.3. The topological polar surface area (TPSA) is 6.48 Å². The first-order chi connectivity index (χ1) is 21.3. The summed E-state index contributed by atoms with van der Waals surface area (Å²) in [5.41, 5.74) is 4.05. The summed E-state index contributed by atoms with van der Waals surface area (Å²) in [5.74, 6) is 7.07. The molecule has 0 aliphatic carbocycles. The lowest BCUT2D eigenvalue weighted by molar-refractivity contribution is 0.285. The number of hydrogen-bond acceptors (Lipinski definition) is 2.